The van der Waals surface area contributed by atoms with Crippen LogP contribution in [0.5, 0.6) is 0 Å². The van der Waals surface area contributed by atoms with Crippen LogP contribution in [0.3, 0.4) is 0 Å². The fourth-order valence-electron chi connectivity index (χ4n) is 2.43. The first-order chi connectivity index (χ1) is 12.2. The summed E-state index contributed by atoms with van der Waals surface area (Å²) >= 11 is 3.44. The van der Waals surface area contributed by atoms with Gasteiger partial charge in [0.1, 0.15) is 0 Å². The van der Waals surface area contributed by atoms with E-state index < -0.39 is 0 Å². The number of benzene rings is 1. The van der Waals surface area contributed by atoms with Gasteiger partial charge < -0.3 is 9.64 Å². The molecule has 0 saturated carbocycles. The van der Waals surface area contributed by atoms with Crippen molar-refractivity contribution in [3.63, 3.8) is 0 Å². The molecule has 138 valence electrons. The summed E-state index contributed by atoms with van der Waals surface area (Å²) < 4.78 is 5.59. The van der Waals surface area contributed by atoms with E-state index in [2.05, 4.69) is 27.8 Å². The zero-order chi connectivity index (χ0) is 18.3. The number of carbonyl (C=O) groups excluding carboxylic acids is 1. The SMILES string of the molecule is CCN(CC)C(=O)c1ccc(C#CCCOCCCCCCBr)cc1. The second-order valence-corrected chi connectivity index (χ2v) is 6.62. The number of nitrogens with zero attached hydrogens (tertiary/aromatic N) is 1. The first-order valence-corrected chi connectivity index (χ1v) is 10.4. The number of hydrogen-bond donors (Lipinski definition) is 0. The summed E-state index contributed by atoms with van der Waals surface area (Å²) in [6.07, 6.45) is 5.60. The lowest BCUT2D eigenvalue weighted by Gasteiger charge is -2.18. The van der Waals surface area contributed by atoms with Crippen LogP contribution < -0.4 is 0 Å². The number of hydrogen-bond acceptors (Lipinski definition) is 2. The van der Waals surface area contributed by atoms with Crippen LogP contribution in [0.2, 0.25) is 0 Å². The Morgan fingerprint density at radius 1 is 1.04 bits per heavy atom. The van der Waals surface area contributed by atoms with Crippen LogP contribution in [0.4, 0.5) is 0 Å². The lowest BCUT2D eigenvalue weighted by atomic mass is 10.1. The summed E-state index contributed by atoms with van der Waals surface area (Å²) in [5.74, 6) is 6.33. The molecule has 1 amide bonds. The summed E-state index contributed by atoms with van der Waals surface area (Å²) in [6.45, 7) is 6.95. The molecule has 0 aliphatic carbocycles. The number of carbonyl (C=O) groups is 1. The maximum atomic E-state index is 12.2. The summed E-state index contributed by atoms with van der Waals surface area (Å²) in [6, 6.07) is 7.53. The maximum absolute atomic E-state index is 12.2. The fraction of sp³-hybridized carbons (Fsp3) is 0.571. The quantitative estimate of drug-likeness (QED) is 0.297. The van der Waals surface area contributed by atoms with E-state index >= 15 is 0 Å². The van der Waals surface area contributed by atoms with Crippen LogP contribution in [-0.4, -0.2) is 42.4 Å². The van der Waals surface area contributed by atoms with Crippen molar-refractivity contribution in [3.8, 4) is 11.8 Å². The van der Waals surface area contributed by atoms with Crippen molar-refractivity contribution >= 4 is 21.8 Å². The molecule has 0 atom stereocenters. The molecule has 0 bridgehead atoms. The highest BCUT2D eigenvalue weighted by Gasteiger charge is 2.11. The Hall–Kier alpha value is -1.31. The van der Waals surface area contributed by atoms with Gasteiger partial charge in [0.15, 0.2) is 0 Å². The van der Waals surface area contributed by atoms with Gasteiger partial charge in [0.2, 0.25) is 0 Å². The molecule has 0 radical (unpaired) electrons. The normalized spacial score (nSPS) is 10.2. The van der Waals surface area contributed by atoms with Gasteiger partial charge in [0, 0.05) is 42.6 Å². The Morgan fingerprint density at radius 2 is 1.72 bits per heavy atom. The van der Waals surface area contributed by atoms with Crippen molar-refractivity contribution in [2.24, 2.45) is 0 Å². The molecule has 25 heavy (non-hydrogen) atoms. The maximum Gasteiger partial charge on any atom is 0.253 e. The van der Waals surface area contributed by atoms with Crippen LogP contribution in [0, 0.1) is 11.8 Å². The Kier molecular flexibility index (Phi) is 12.1. The van der Waals surface area contributed by atoms with Crippen LogP contribution >= 0.6 is 15.9 Å². The zero-order valence-corrected chi connectivity index (χ0v) is 17.1. The molecular formula is C21H30BrNO2. The Morgan fingerprint density at radius 3 is 2.36 bits per heavy atom. The number of halogens is 1. The summed E-state index contributed by atoms with van der Waals surface area (Å²) in [4.78, 5) is 14.1. The van der Waals surface area contributed by atoms with E-state index in [-0.39, 0.29) is 5.91 Å². The van der Waals surface area contributed by atoms with Gasteiger partial charge in [-0.15, -0.1) is 0 Å². The third-order valence-corrected chi connectivity index (χ3v) is 4.52. The van der Waals surface area contributed by atoms with Crippen LogP contribution in [-0.2, 0) is 4.74 Å². The zero-order valence-electron chi connectivity index (χ0n) is 15.5. The van der Waals surface area contributed by atoms with Gasteiger partial charge in [-0.2, -0.15) is 0 Å². The van der Waals surface area contributed by atoms with Crippen molar-refractivity contribution in [2.45, 2.75) is 46.0 Å². The molecule has 0 saturated heterocycles. The monoisotopic (exact) mass is 407 g/mol. The van der Waals surface area contributed by atoms with Gasteiger partial charge in [-0.25, -0.2) is 0 Å². The van der Waals surface area contributed by atoms with Gasteiger partial charge in [-0.1, -0.05) is 40.6 Å². The average molecular weight is 408 g/mol. The molecule has 0 heterocycles. The first-order valence-electron chi connectivity index (χ1n) is 9.24. The van der Waals surface area contributed by atoms with E-state index in [1.165, 1.54) is 19.3 Å². The second-order valence-electron chi connectivity index (χ2n) is 5.82. The largest absolute Gasteiger partial charge is 0.380 e. The third kappa shape index (κ3) is 9.09. The van der Waals surface area contributed by atoms with Crippen molar-refractivity contribution in [1.82, 2.24) is 4.90 Å². The van der Waals surface area contributed by atoms with Crippen LogP contribution in [0.1, 0.15) is 61.9 Å². The number of ether oxygens (including phenoxy) is 1. The lowest BCUT2D eigenvalue weighted by Crippen LogP contribution is -2.30. The number of unbranched alkanes of at least 4 members (excludes halogenated alkanes) is 3. The van der Waals surface area contributed by atoms with E-state index in [0.29, 0.717) is 6.61 Å². The average Bonchev–Trinajstić information content (AvgIpc) is 2.64. The van der Waals surface area contributed by atoms with Gasteiger partial charge in [0.25, 0.3) is 5.91 Å². The van der Waals surface area contributed by atoms with Gasteiger partial charge in [-0.3, -0.25) is 4.79 Å². The fourth-order valence-corrected chi connectivity index (χ4v) is 2.83. The lowest BCUT2D eigenvalue weighted by molar-refractivity contribution is 0.0773. The van der Waals surface area contributed by atoms with Crippen molar-refractivity contribution < 1.29 is 9.53 Å². The minimum atomic E-state index is 0.0778. The summed E-state index contributed by atoms with van der Waals surface area (Å²) in [5, 5.41) is 1.09. The highest BCUT2D eigenvalue weighted by atomic mass is 79.9. The topological polar surface area (TPSA) is 29.5 Å². The number of rotatable bonds is 11. The van der Waals surface area contributed by atoms with Crippen molar-refractivity contribution in [2.75, 3.05) is 31.6 Å². The van der Waals surface area contributed by atoms with Gasteiger partial charge in [-0.05, 0) is 51.0 Å². The minimum absolute atomic E-state index is 0.0778. The standard InChI is InChI=1S/C21H30BrNO2/c1-3-23(4-2)21(24)20-14-12-19(13-15-20)11-7-10-18-25-17-9-6-5-8-16-22/h12-15H,3-6,8-10,16-18H2,1-2H3. The Bertz CT molecular complexity index is 541. The van der Waals surface area contributed by atoms with Crippen LogP contribution in [0.15, 0.2) is 24.3 Å². The second kappa shape index (κ2) is 13.9. The Labute approximate surface area is 161 Å². The van der Waals surface area contributed by atoms with E-state index in [1.807, 2.05) is 43.0 Å². The summed E-state index contributed by atoms with van der Waals surface area (Å²) in [7, 11) is 0. The third-order valence-electron chi connectivity index (χ3n) is 3.96. The highest BCUT2D eigenvalue weighted by Crippen LogP contribution is 2.07. The predicted octanol–water partition coefficient (Wildman–Crippen LogP) is 4.88. The summed E-state index contributed by atoms with van der Waals surface area (Å²) in [5.41, 5.74) is 1.66. The van der Waals surface area contributed by atoms with Crippen LogP contribution in [0.25, 0.3) is 0 Å². The number of alkyl halides is 1. The predicted molar refractivity (Wildman–Crippen MR) is 108 cm³/mol. The molecule has 0 aromatic heterocycles. The van der Waals surface area contributed by atoms with E-state index in [1.54, 1.807) is 0 Å². The van der Waals surface area contributed by atoms with Gasteiger partial charge >= 0.3 is 0 Å². The molecule has 1 aromatic carbocycles. The van der Waals surface area contributed by atoms with E-state index in [9.17, 15) is 4.79 Å². The van der Waals surface area contributed by atoms with E-state index in [0.717, 1.165) is 49.0 Å². The minimum Gasteiger partial charge on any atom is -0.380 e. The smallest absolute Gasteiger partial charge is 0.253 e. The number of amides is 1. The molecule has 0 fully saturated rings. The molecule has 0 aliphatic heterocycles. The first kappa shape index (κ1) is 21.7. The van der Waals surface area contributed by atoms with Crippen molar-refractivity contribution in [3.05, 3.63) is 35.4 Å². The molecule has 1 rings (SSSR count). The molecule has 0 N–H and O–H groups in total. The molecule has 1 aromatic rings. The molecule has 4 heteroatoms. The van der Waals surface area contributed by atoms with Gasteiger partial charge in [0.05, 0.1) is 6.61 Å². The molecule has 3 nitrogen and oxygen atoms in total. The van der Waals surface area contributed by atoms with Crippen molar-refractivity contribution in [1.29, 1.82) is 0 Å². The molecule has 0 aliphatic rings. The molecule has 0 unspecified atom stereocenters. The Balaban J connectivity index is 2.28. The molecular weight excluding hydrogens is 378 g/mol. The molecule has 0 spiro atoms. The highest BCUT2D eigenvalue weighted by molar-refractivity contribution is 9.09. The van der Waals surface area contributed by atoms with E-state index in [4.69, 9.17) is 4.74 Å².